The number of benzene rings is 8. The van der Waals surface area contributed by atoms with Crippen molar-refractivity contribution in [3.8, 4) is 44.8 Å². The third kappa shape index (κ3) is 6.29. The molecule has 0 fully saturated rings. The molecule has 8 aromatic carbocycles. The Morgan fingerprint density at radius 1 is 0.316 bits per heavy atom. The van der Waals surface area contributed by atoms with Crippen LogP contribution in [-0.4, -0.2) is 9.13 Å². The lowest BCUT2D eigenvalue weighted by Gasteiger charge is -2.26. The number of para-hydroxylation sites is 2. The quantitative estimate of drug-likeness (QED) is 0.156. The Hall–Kier alpha value is -7.69. The van der Waals surface area contributed by atoms with Gasteiger partial charge in [0.1, 0.15) is 5.65 Å². The SMILES string of the molecule is O=c1ccc2c3cc(-c4ccc(N(c5ccc(-c6ccccc6)cc5)c5ccc(-c6ccccc6)cc5)cc4)ccc3n(-c3ccccc3)c2n1-c1ccccc1. The van der Waals surface area contributed by atoms with Gasteiger partial charge in [-0.25, -0.2) is 0 Å². The zero-order chi connectivity index (χ0) is 38.1. The molecule has 0 N–H and O–H groups in total. The summed E-state index contributed by atoms with van der Waals surface area (Å²) in [7, 11) is 0. The highest BCUT2D eigenvalue weighted by Gasteiger charge is 2.19. The van der Waals surface area contributed by atoms with Gasteiger partial charge >= 0.3 is 0 Å². The van der Waals surface area contributed by atoms with Crippen LogP contribution in [0, 0.1) is 0 Å². The zero-order valence-corrected chi connectivity index (χ0v) is 31.1. The molecule has 0 amide bonds. The maximum Gasteiger partial charge on any atom is 0.256 e. The van der Waals surface area contributed by atoms with Crippen LogP contribution in [0.3, 0.4) is 0 Å². The molecule has 0 aliphatic heterocycles. The van der Waals surface area contributed by atoms with Gasteiger partial charge in [0.25, 0.3) is 5.56 Å². The van der Waals surface area contributed by atoms with Crippen molar-refractivity contribution in [2.24, 2.45) is 0 Å². The van der Waals surface area contributed by atoms with Crippen molar-refractivity contribution in [3.63, 3.8) is 0 Å². The van der Waals surface area contributed by atoms with Gasteiger partial charge in [-0.3, -0.25) is 13.9 Å². The molecule has 0 atom stereocenters. The second-order valence-electron chi connectivity index (χ2n) is 14.2. The third-order valence-corrected chi connectivity index (χ3v) is 10.8. The van der Waals surface area contributed by atoms with E-state index in [0.29, 0.717) is 0 Å². The van der Waals surface area contributed by atoms with Crippen LogP contribution in [0.4, 0.5) is 17.1 Å². The summed E-state index contributed by atoms with van der Waals surface area (Å²) in [5, 5.41) is 2.10. The summed E-state index contributed by atoms with van der Waals surface area (Å²) in [4.78, 5) is 15.9. The van der Waals surface area contributed by atoms with Crippen LogP contribution >= 0.6 is 0 Å². The first-order valence-electron chi connectivity index (χ1n) is 19.2. The van der Waals surface area contributed by atoms with Gasteiger partial charge in [0.15, 0.2) is 0 Å². The van der Waals surface area contributed by atoms with Crippen LogP contribution < -0.4 is 10.5 Å². The molecule has 0 radical (unpaired) electrons. The third-order valence-electron chi connectivity index (χ3n) is 10.8. The molecule has 57 heavy (non-hydrogen) atoms. The number of fused-ring (bicyclic) bond motifs is 3. The average Bonchev–Trinajstić information content (AvgIpc) is 3.62. The normalized spacial score (nSPS) is 11.2. The van der Waals surface area contributed by atoms with Gasteiger partial charge < -0.3 is 4.90 Å². The molecule has 0 bridgehead atoms. The topological polar surface area (TPSA) is 30.2 Å². The Balaban J connectivity index is 1.07. The van der Waals surface area contributed by atoms with Gasteiger partial charge in [-0.1, -0.05) is 140 Å². The molecule has 0 saturated heterocycles. The lowest BCUT2D eigenvalue weighted by Crippen LogP contribution is -2.19. The Morgan fingerprint density at radius 2 is 0.702 bits per heavy atom. The zero-order valence-electron chi connectivity index (χ0n) is 31.1. The molecule has 0 unspecified atom stereocenters. The number of anilines is 3. The Kier molecular flexibility index (Phi) is 8.62. The van der Waals surface area contributed by atoms with E-state index in [1.54, 1.807) is 6.07 Å². The lowest BCUT2D eigenvalue weighted by atomic mass is 10.0. The van der Waals surface area contributed by atoms with Gasteiger partial charge in [0, 0.05) is 39.6 Å². The number of hydrogen-bond acceptors (Lipinski definition) is 2. The van der Waals surface area contributed by atoms with Gasteiger partial charge in [0.2, 0.25) is 0 Å². The predicted octanol–water partition coefficient (Wildman–Crippen LogP) is 13.4. The number of aromatic nitrogens is 2. The monoisotopic (exact) mass is 731 g/mol. The van der Waals surface area contributed by atoms with E-state index in [-0.39, 0.29) is 5.56 Å². The molecule has 10 rings (SSSR count). The maximum atomic E-state index is 13.6. The first kappa shape index (κ1) is 33.8. The molecule has 2 heterocycles. The van der Waals surface area contributed by atoms with E-state index in [9.17, 15) is 4.79 Å². The van der Waals surface area contributed by atoms with Crippen molar-refractivity contribution < 1.29 is 0 Å². The summed E-state index contributed by atoms with van der Waals surface area (Å²) in [5.41, 5.74) is 13.8. The van der Waals surface area contributed by atoms with Crippen LogP contribution in [0.25, 0.3) is 66.7 Å². The summed E-state index contributed by atoms with van der Waals surface area (Å²) in [6.07, 6.45) is 0. The standard InChI is InChI=1S/C53H37N3O/c57-52-36-34-49-50-37-43(27-35-51(50)55(44-17-9-3-10-18-44)53(49)56(52)45-19-11-4-12-20-45)42-25-32-48(33-26-42)54(46-28-21-40(22-29-46)38-13-5-1-6-14-38)47-30-23-41(24-31-47)39-15-7-2-8-16-39/h1-37H. The van der Waals surface area contributed by atoms with Gasteiger partial charge in [-0.2, -0.15) is 0 Å². The number of nitrogens with zero attached hydrogens (tertiary/aromatic N) is 3. The Bertz CT molecular complexity index is 2940. The minimum Gasteiger partial charge on any atom is -0.311 e. The maximum absolute atomic E-state index is 13.6. The van der Waals surface area contributed by atoms with Gasteiger partial charge in [-0.15, -0.1) is 0 Å². The van der Waals surface area contributed by atoms with Crippen molar-refractivity contribution >= 4 is 39.0 Å². The highest BCUT2D eigenvalue weighted by molar-refractivity contribution is 6.09. The van der Waals surface area contributed by atoms with Gasteiger partial charge in [-0.05, 0) is 112 Å². The highest BCUT2D eigenvalue weighted by Crippen LogP contribution is 2.39. The summed E-state index contributed by atoms with van der Waals surface area (Å²) >= 11 is 0. The molecular weight excluding hydrogens is 695 g/mol. The first-order chi connectivity index (χ1) is 28.2. The number of rotatable bonds is 8. The van der Waals surface area contributed by atoms with Crippen LogP contribution in [0.2, 0.25) is 0 Å². The van der Waals surface area contributed by atoms with Crippen molar-refractivity contribution in [3.05, 3.63) is 235 Å². The second-order valence-corrected chi connectivity index (χ2v) is 14.2. The van der Waals surface area contributed by atoms with Crippen molar-refractivity contribution in [1.82, 2.24) is 9.13 Å². The highest BCUT2D eigenvalue weighted by atomic mass is 16.1. The summed E-state index contributed by atoms with van der Waals surface area (Å²) < 4.78 is 4.03. The molecule has 0 spiro atoms. The van der Waals surface area contributed by atoms with Crippen molar-refractivity contribution in [2.75, 3.05) is 4.90 Å². The van der Waals surface area contributed by atoms with Crippen LogP contribution in [-0.2, 0) is 0 Å². The Morgan fingerprint density at radius 3 is 1.18 bits per heavy atom. The second kappa shape index (κ2) is 14.5. The fourth-order valence-electron chi connectivity index (χ4n) is 7.98. The number of hydrogen-bond donors (Lipinski definition) is 0. The molecule has 2 aromatic heterocycles. The van der Waals surface area contributed by atoms with Crippen molar-refractivity contribution in [1.29, 1.82) is 0 Å². The van der Waals surface area contributed by atoms with Crippen LogP contribution in [0.15, 0.2) is 229 Å². The minimum absolute atomic E-state index is 0.0709. The van der Waals surface area contributed by atoms with E-state index in [0.717, 1.165) is 61.5 Å². The molecule has 0 aliphatic carbocycles. The predicted molar refractivity (Wildman–Crippen MR) is 237 cm³/mol. The Labute approximate surface area is 331 Å². The number of pyridine rings is 1. The lowest BCUT2D eigenvalue weighted by molar-refractivity contribution is 0.985. The molecule has 10 aromatic rings. The molecular formula is C53H37N3O. The molecule has 4 nitrogen and oxygen atoms in total. The minimum atomic E-state index is -0.0709. The van der Waals surface area contributed by atoms with E-state index >= 15 is 0 Å². The smallest absolute Gasteiger partial charge is 0.256 e. The van der Waals surface area contributed by atoms with Crippen LogP contribution in [0.1, 0.15) is 0 Å². The summed E-state index contributed by atoms with van der Waals surface area (Å²) in [6, 6.07) is 77.8. The summed E-state index contributed by atoms with van der Waals surface area (Å²) in [6.45, 7) is 0. The molecule has 0 aliphatic rings. The summed E-state index contributed by atoms with van der Waals surface area (Å²) in [5.74, 6) is 0. The van der Waals surface area contributed by atoms with E-state index < -0.39 is 0 Å². The van der Waals surface area contributed by atoms with Crippen molar-refractivity contribution in [2.45, 2.75) is 0 Å². The van der Waals surface area contributed by atoms with E-state index in [2.05, 4.69) is 161 Å². The molecule has 4 heteroatoms. The first-order valence-corrected chi connectivity index (χ1v) is 19.2. The van der Waals surface area contributed by atoms with Crippen LogP contribution in [0.5, 0.6) is 0 Å². The largest absolute Gasteiger partial charge is 0.311 e. The van der Waals surface area contributed by atoms with E-state index in [1.807, 2.05) is 71.3 Å². The average molecular weight is 732 g/mol. The van der Waals surface area contributed by atoms with Gasteiger partial charge in [0.05, 0.1) is 11.2 Å². The molecule has 270 valence electrons. The fraction of sp³-hybridized carbons (Fsp3) is 0. The van der Waals surface area contributed by atoms with E-state index in [4.69, 9.17) is 0 Å². The fourth-order valence-corrected chi connectivity index (χ4v) is 7.98. The van der Waals surface area contributed by atoms with E-state index in [1.165, 1.54) is 22.3 Å². The molecule has 0 saturated carbocycles.